The van der Waals surface area contributed by atoms with Crippen molar-refractivity contribution < 1.29 is 0 Å². The first-order chi connectivity index (χ1) is 13.2. The molecule has 3 aromatic heterocycles. The van der Waals surface area contributed by atoms with Gasteiger partial charge in [0.05, 0.1) is 0 Å². The van der Waals surface area contributed by atoms with Gasteiger partial charge in [-0.1, -0.05) is 6.92 Å². The van der Waals surface area contributed by atoms with E-state index in [9.17, 15) is 0 Å². The van der Waals surface area contributed by atoms with Crippen LogP contribution in [0.1, 0.15) is 48.7 Å². The molecule has 4 heterocycles. The van der Waals surface area contributed by atoms with Crippen LogP contribution in [0.2, 0.25) is 0 Å². The van der Waals surface area contributed by atoms with Gasteiger partial charge in [-0.3, -0.25) is 4.68 Å². The lowest BCUT2D eigenvalue weighted by atomic mass is 9.96. The van der Waals surface area contributed by atoms with Crippen molar-refractivity contribution in [3.05, 3.63) is 47.7 Å². The Hall–Kier alpha value is -2.77. The Labute approximate surface area is 159 Å². The molecule has 0 radical (unpaired) electrons. The Morgan fingerprint density at radius 2 is 2.15 bits per heavy atom. The molecule has 1 atom stereocenters. The van der Waals surface area contributed by atoms with Crippen molar-refractivity contribution in [2.45, 2.75) is 45.6 Å². The smallest absolute Gasteiger partial charge is 0.154 e. The summed E-state index contributed by atoms with van der Waals surface area (Å²) in [6, 6.07) is 1.92. The van der Waals surface area contributed by atoms with Crippen molar-refractivity contribution in [3.63, 3.8) is 0 Å². The molecule has 0 saturated carbocycles. The molecule has 1 saturated heterocycles. The van der Waals surface area contributed by atoms with Crippen LogP contribution in [0.5, 0.6) is 0 Å². The third-order valence-corrected chi connectivity index (χ3v) is 5.29. The molecule has 27 heavy (non-hydrogen) atoms. The van der Waals surface area contributed by atoms with E-state index in [1.807, 2.05) is 30.1 Å². The SMILES string of the molecule is CCc1cnc(C)nc1N1CCCC(c2nnc(Cn3cccn3)n2C)C1. The van der Waals surface area contributed by atoms with E-state index >= 15 is 0 Å². The molecule has 8 heteroatoms. The fourth-order valence-electron chi connectivity index (χ4n) is 3.79. The first-order valence-electron chi connectivity index (χ1n) is 9.58. The molecule has 0 aliphatic carbocycles. The summed E-state index contributed by atoms with van der Waals surface area (Å²) in [6.07, 6.45) is 8.88. The van der Waals surface area contributed by atoms with Gasteiger partial charge in [0.25, 0.3) is 0 Å². The Kier molecular flexibility index (Phi) is 4.87. The van der Waals surface area contributed by atoms with Gasteiger partial charge < -0.3 is 9.47 Å². The monoisotopic (exact) mass is 366 g/mol. The van der Waals surface area contributed by atoms with Gasteiger partial charge in [-0.05, 0) is 32.3 Å². The average Bonchev–Trinajstić information content (AvgIpc) is 3.33. The number of piperidine rings is 1. The van der Waals surface area contributed by atoms with Crippen LogP contribution < -0.4 is 4.90 Å². The summed E-state index contributed by atoms with van der Waals surface area (Å²) < 4.78 is 4.00. The molecule has 1 fully saturated rings. The second-order valence-electron chi connectivity index (χ2n) is 7.14. The van der Waals surface area contributed by atoms with Gasteiger partial charge in [0, 0.05) is 50.2 Å². The van der Waals surface area contributed by atoms with Crippen molar-refractivity contribution in [1.82, 2.24) is 34.5 Å². The molecule has 8 nitrogen and oxygen atoms in total. The number of hydrogen-bond donors (Lipinski definition) is 0. The number of nitrogens with zero attached hydrogens (tertiary/aromatic N) is 8. The van der Waals surface area contributed by atoms with E-state index in [1.165, 1.54) is 5.56 Å². The second-order valence-corrected chi connectivity index (χ2v) is 7.14. The molecule has 1 aliphatic heterocycles. The van der Waals surface area contributed by atoms with Crippen molar-refractivity contribution in [3.8, 4) is 0 Å². The summed E-state index contributed by atoms with van der Waals surface area (Å²) in [5, 5.41) is 13.2. The highest BCUT2D eigenvalue weighted by atomic mass is 15.3. The number of anilines is 1. The van der Waals surface area contributed by atoms with Crippen molar-refractivity contribution in [1.29, 1.82) is 0 Å². The van der Waals surface area contributed by atoms with Gasteiger partial charge in [0.15, 0.2) is 5.82 Å². The van der Waals surface area contributed by atoms with Gasteiger partial charge in [-0.25, -0.2) is 9.97 Å². The van der Waals surface area contributed by atoms with Crippen LogP contribution in [0.4, 0.5) is 5.82 Å². The van der Waals surface area contributed by atoms with Crippen molar-refractivity contribution in [2.75, 3.05) is 18.0 Å². The predicted molar refractivity (Wildman–Crippen MR) is 103 cm³/mol. The molecule has 0 N–H and O–H groups in total. The van der Waals surface area contributed by atoms with Gasteiger partial charge in [-0.2, -0.15) is 5.10 Å². The largest absolute Gasteiger partial charge is 0.356 e. The van der Waals surface area contributed by atoms with E-state index in [2.05, 4.69) is 43.7 Å². The van der Waals surface area contributed by atoms with Crippen LogP contribution in [-0.4, -0.2) is 47.6 Å². The fraction of sp³-hybridized carbons (Fsp3) is 0.526. The normalized spacial score (nSPS) is 17.4. The van der Waals surface area contributed by atoms with E-state index < -0.39 is 0 Å². The number of rotatable bonds is 5. The minimum atomic E-state index is 0.350. The highest BCUT2D eigenvalue weighted by Gasteiger charge is 2.27. The highest BCUT2D eigenvalue weighted by molar-refractivity contribution is 5.47. The summed E-state index contributed by atoms with van der Waals surface area (Å²) in [6.45, 7) is 6.69. The molecular weight excluding hydrogens is 340 g/mol. The summed E-state index contributed by atoms with van der Waals surface area (Å²) in [4.78, 5) is 11.5. The maximum atomic E-state index is 4.73. The first-order valence-corrected chi connectivity index (χ1v) is 9.58. The van der Waals surface area contributed by atoms with Gasteiger partial charge in [0.1, 0.15) is 24.0 Å². The number of aryl methyl sites for hydroxylation is 2. The molecule has 0 aromatic carbocycles. The fourth-order valence-corrected chi connectivity index (χ4v) is 3.79. The highest BCUT2D eigenvalue weighted by Crippen LogP contribution is 2.30. The van der Waals surface area contributed by atoms with E-state index in [-0.39, 0.29) is 0 Å². The van der Waals surface area contributed by atoms with Crippen LogP contribution in [0.25, 0.3) is 0 Å². The lowest BCUT2D eigenvalue weighted by Crippen LogP contribution is -2.36. The van der Waals surface area contributed by atoms with Gasteiger partial charge >= 0.3 is 0 Å². The quantitative estimate of drug-likeness (QED) is 0.688. The van der Waals surface area contributed by atoms with Crippen LogP contribution in [0.3, 0.4) is 0 Å². The topological polar surface area (TPSA) is 77.6 Å². The summed E-state index contributed by atoms with van der Waals surface area (Å²) in [5.41, 5.74) is 1.21. The third-order valence-electron chi connectivity index (χ3n) is 5.29. The molecule has 3 aromatic rings. The predicted octanol–water partition coefficient (Wildman–Crippen LogP) is 2.10. The molecule has 0 spiro atoms. The molecular formula is C19H26N8. The van der Waals surface area contributed by atoms with Crippen LogP contribution in [-0.2, 0) is 20.0 Å². The lowest BCUT2D eigenvalue weighted by molar-refractivity contribution is 0.474. The Morgan fingerprint density at radius 3 is 2.93 bits per heavy atom. The summed E-state index contributed by atoms with van der Waals surface area (Å²) in [7, 11) is 2.05. The maximum Gasteiger partial charge on any atom is 0.154 e. The Morgan fingerprint density at radius 1 is 1.26 bits per heavy atom. The molecule has 0 bridgehead atoms. The summed E-state index contributed by atoms with van der Waals surface area (Å²) in [5.74, 6) is 4.23. The molecule has 1 aliphatic rings. The van der Waals surface area contributed by atoms with Crippen molar-refractivity contribution >= 4 is 5.82 Å². The average molecular weight is 366 g/mol. The number of aromatic nitrogens is 7. The Bertz CT molecular complexity index is 899. The van der Waals surface area contributed by atoms with Gasteiger partial charge in [0.2, 0.25) is 0 Å². The van der Waals surface area contributed by atoms with E-state index in [0.717, 1.165) is 55.6 Å². The first kappa shape index (κ1) is 17.6. The van der Waals surface area contributed by atoms with E-state index in [1.54, 1.807) is 6.20 Å². The zero-order valence-corrected chi connectivity index (χ0v) is 16.2. The molecule has 142 valence electrons. The van der Waals surface area contributed by atoms with Gasteiger partial charge in [-0.15, -0.1) is 10.2 Å². The summed E-state index contributed by atoms with van der Waals surface area (Å²) >= 11 is 0. The number of hydrogen-bond acceptors (Lipinski definition) is 6. The van der Waals surface area contributed by atoms with Crippen molar-refractivity contribution in [2.24, 2.45) is 7.05 Å². The minimum absolute atomic E-state index is 0.350. The molecule has 4 rings (SSSR count). The maximum absolute atomic E-state index is 4.73. The zero-order valence-electron chi connectivity index (χ0n) is 16.2. The van der Waals surface area contributed by atoms with E-state index in [4.69, 9.17) is 4.98 Å². The molecule has 0 amide bonds. The molecule has 1 unspecified atom stereocenters. The lowest BCUT2D eigenvalue weighted by Gasteiger charge is -2.34. The minimum Gasteiger partial charge on any atom is -0.356 e. The third kappa shape index (κ3) is 3.56. The van der Waals surface area contributed by atoms with Crippen LogP contribution >= 0.6 is 0 Å². The van der Waals surface area contributed by atoms with Crippen LogP contribution in [0, 0.1) is 6.92 Å². The standard InChI is InChI=1S/C19H26N8/c1-4-15-11-20-14(2)22-18(15)26-9-5-7-16(12-26)19-24-23-17(25(19)3)13-27-10-6-8-21-27/h6,8,10-11,16H,4-5,7,9,12-13H2,1-3H3. The van der Waals surface area contributed by atoms with E-state index in [0.29, 0.717) is 12.5 Å². The second kappa shape index (κ2) is 7.46. The Balaban J connectivity index is 1.55. The van der Waals surface area contributed by atoms with Crippen LogP contribution in [0.15, 0.2) is 24.7 Å². The zero-order chi connectivity index (χ0) is 18.8.